The van der Waals surface area contributed by atoms with Gasteiger partial charge in [-0.05, 0) is 65.8 Å². The third-order valence-corrected chi connectivity index (χ3v) is 5.81. The van der Waals surface area contributed by atoms with Crippen LogP contribution in [0.3, 0.4) is 0 Å². The summed E-state index contributed by atoms with van der Waals surface area (Å²) in [5, 5.41) is 0. The van der Waals surface area contributed by atoms with Crippen molar-refractivity contribution in [1.82, 2.24) is 4.90 Å². The molecule has 0 atom stereocenters. The predicted octanol–water partition coefficient (Wildman–Crippen LogP) is 4.90. The van der Waals surface area contributed by atoms with E-state index in [0.29, 0.717) is 0 Å². The van der Waals surface area contributed by atoms with Gasteiger partial charge < -0.3 is 4.74 Å². The molecule has 0 aromatic heterocycles. The lowest BCUT2D eigenvalue weighted by atomic mass is 9.99. The molecule has 2 aromatic carbocycles. The van der Waals surface area contributed by atoms with Crippen LogP contribution in [0.15, 0.2) is 42.5 Å². The molecular formula is C22H27NOS. The third kappa shape index (κ3) is 4.59. The van der Waals surface area contributed by atoms with E-state index >= 15 is 0 Å². The molecule has 1 aliphatic carbocycles. The Bertz CT molecular complexity index is 708. The van der Waals surface area contributed by atoms with E-state index in [2.05, 4.69) is 53.6 Å². The molecule has 1 aliphatic heterocycles. The Balaban J connectivity index is 1.35. The summed E-state index contributed by atoms with van der Waals surface area (Å²) in [6, 6.07) is 15.8. The lowest BCUT2D eigenvalue weighted by Gasteiger charge is -2.29. The number of rotatable bonds is 7. The first-order chi connectivity index (χ1) is 12.3. The van der Waals surface area contributed by atoms with E-state index in [1.807, 2.05) is 11.8 Å². The van der Waals surface area contributed by atoms with Gasteiger partial charge in [-0.3, -0.25) is 4.90 Å². The van der Waals surface area contributed by atoms with Crippen molar-refractivity contribution in [3.63, 3.8) is 0 Å². The summed E-state index contributed by atoms with van der Waals surface area (Å²) in [6.45, 7) is 4.12. The second-order valence-corrected chi connectivity index (χ2v) is 8.26. The van der Waals surface area contributed by atoms with Crippen LogP contribution >= 0.6 is 11.8 Å². The number of thioether (sulfide) groups is 1. The van der Waals surface area contributed by atoms with Crippen molar-refractivity contribution in [3.05, 3.63) is 64.7 Å². The van der Waals surface area contributed by atoms with Gasteiger partial charge in [0.25, 0.3) is 0 Å². The zero-order valence-corrected chi connectivity index (χ0v) is 15.9. The highest BCUT2D eigenvalue weighted by Gasteiger charge is 2.22. The molecule has 0 radical (unpaired) electrons. The molecule has 0 unspecified atom stereocenters. The van der Waals surface area contributed by atoms with Crippen LogP contribution in [0.5, 0.6) is 5.75 Å². The molecule has 1 fully saturated rings. The summed E-state index contributed by atoms with van der Waals surface area (Å²) in [4.78, 5) is 2.55. The zero-order valence-electron chi connectivity index (χ0n) is 15.0. The minimum atomic E-state index is 0.814. The lowest BCUT2D eigenvalue weighted by molar-refractivity contribution is 0.244. The molecule has 0 bridgehead atoms. The minimum absolute atomic E-state index is 0.814. The summed E-state index contributed by atoms with van der Waals surface area (Å²) in [6.07, 6.45) is 5.97. The molecule has 25 heavy (non-hydrogen) atoms. The van der Waals surface area contributed by atoms with Crippen LogP contribution in [0.1, 0.15) is 35.1 Å². The van der Waals surface area contributed by atoms with E-state index in [4.69, 9.17) is 4.74 Å². The fourth-order valence-electron chi connectivity index (χ4n) is 3.48. The molecule has 0 spiro atoms. The van der Waals surface area contributed by atoms with Crippen LogP contribution in [-0.2, 0) is 25.3 Å². The van der Waals surface area contributed by atoms with Crippen LogP contribution in [0.4, 0.5) is 0 Å². The maximum atomic E-state index is 5.93. The van der Waals surface area contributed by atoms with Crippen LogP contribution in [0.2, 0.25) is 0 Å². The molecule has 0 N–H and O–H groups in total. The van der Waals surface area contributed by atoms with Crippen molar-refractivity contribution in [1.29, 1.82) is 0 Å². The molecular weight excluding hydrogens is 326 g/mol. The Hall–Kier alpha value is -1.45. The van der Waals surface area contributed by atoms with Gasteiger partial charge in [0.1, 0.15) is 5.75 Å². The standard InChI is InChI=1S/C22H27NOS/c1-25-16-19-6-2-17(3-7-19)13-23-11-10-20-12-22(9-8-21(20)14-23)24-15-18-4-5-18/h2-3,6-9,12,18H,4-5,10-11,13-16H2,1H3. The fourth-order valence-corrected chi connectivity index (χ4v) is 4.00. The van der Waals surface area contributed by atoms with E-state index in [1.54, 1.807) is 0 Å². The van der Waals surface area contributed by atoms with E-state index < -0.39 is 0 Å². The van der Waals surface area contributed by atoms with Crippen LogP contribution in [0.25, 0.3) is 0 Å². The SMILES string of the molecule is CSCc1ccc(CN2CCc3cc(OCC4CC4)ccc3C2)cc1. The first-order valence-electron chi connectivity index (χ1n) is 9.34. The van der Waals surface area contributed by atoms with Crippen molar-refractivity contribution < 1.29 is 4.74 Å². The quantitative estimate of drug-likeness (QED) is 0.703. The van der Waals surface area contributed by atoms with E-state index in [9.17, 15) is 0 Å². The van der Waals surface area contributed by atoms with Gasteiger partial charge in [0.2, 0.25) is 0 Å². The van der Waals surface area contributed by atoms with Gasteiger partial charge in [-0.2, -0.15) is 11.8 Å². The Morgan fingerprint density at radius 1 is 1.04 bits per heavy atom. The summed E-state index contributed by atoms with van der Waals surface area (Å²) < 4.78 is 5.93. The Morgan fingerprint density at radius 3 is 2.60 bits per heavy atom. The van der Waals surface area contributed by atoms with Crippen molar-refractivity contribution >= 4 is 11.8 Å². The minimum Gasteiger partial charge on any atom is -0.493 e. The van der Waals surface area contributed by atoms with Crippen molar-refractivity contribution in [2.75, 3.05) is 19.4 Å². The number of ether oxygens (including phenoxy) is 1. The average molecular weight is 354 g/mol. The molecule has 3 heteroatoms. The Labute approximate surface area is 155 Å². The zero-order chi connectivity index (χ0) is 17.1. The Kier molecular flexibility index (Phi) is 5.33. The van der Waals surface area contributed by atoms with Gasteiger partial charge in [0.15, 0.2) is 0 Å². The Morgan fingerprint density at radius 2 is 1.84 bits per heavy atom. The normalized spacial score (nSPS) is 17.3. The largest absolute Gasteiger partial charge is 0.493 e. The number of hydrogen-bond donors (Lipinski definition) is 0. The number of benzene rings is 2. The van der Waals surface area contributed by atoms with Crippen LogP contribution in [0, 0.1) is 5.92 Å². The van der Waals surface area contributed by atoms with Crippen LogP contribution < -0.4 is 4.74 Å². The summed E-state index contributed by atoms with van der Waals surface area (Å²) in [5.74, 6) is 2.97. The van der Waals surface area contributed by atoms with Gasteiger partial charge >= 0.3 is 0 Å². The first-order valence-corrected chi connectivity index (χ1v) is 10.7. The van der Waals surface area contributed by atoms with Crippen molar-refractivity contribution in [3.8, 4) is 5.75 Å². The van der Waals surface area contributed by atoms with Crippen molar-refractivity contribution in [2.45, 2.75) is 38.1 Å². The summed E-state index contributed by atoms with van der Waals surface area (Å²) in [5.41, 5.74) is 5.76. The predicted molar refractivity (Wildman–Crippen MR) is 106 cm³/mol. The van der Waals surface area contributed by atoms with Gasteiger partial charge in [0, 0.05) is 25.4 Å². The number of hydrogen-bond acceptors (Lipinski definition) is 3. The van der Waals surface area contributed by atoms with Gasteiger partial charge in [-0.1, -0.05) is 30.3 Å². The van der Waals surface area contributed by atoms with Crippen LogP contribution in [-0.4, -0.2) is 24.3 Å². The molecule has 1 saturated carbocycles. The smallest absolute Gasteiger partial charge is 0.119 e. The molecule has 0 amide bonds. The number of nitrogens with zero attached hydrogens (tertiary/aromatic N) is 1. The highest BCUT2D eigenvalue weighted by atomic mass is 32.2. The second-order valence-electron chi connectivity index (χ2n) is 7.40. The molecule has 2 aliphatic rings. The third-order valence-electron chi connectivity index (χ3n) is 5.19. The maximum Gasteiger partial charge on any atom is 0.119 e. The van der Waals surface area contributed by atoms with Crippen molar-refractivity contribution in [2.24, 2.45) is 5.92 Å². The lowest BCUT2D eigenvalue weighted by Crippen LogP contribution is -2.30. The molecule has 2 nitrogen and oxygen atoms in total. The average Bonchev–Trinajstić information content (AvgIpc) is 3.46. The number of fused-ring (bicyclic) bond motifs is 1. The maximum absolute atomic E-state index is 5.93. The summed E-state index contributed by atoms with van der Waals surface area (Å²) >= 11 is 1.88. The molecule has 0 saturated heterocycles. The highest BCUT2D eigenvalue weighted by molar-refractivity contribution is 7.97. The van der Waals surface area contributed by atoms with Gasteiger partial charge in [-0.25, -0.2) is 0 Å². The molecule has 2 aromatic rings. The second kappa shape index (κ2) is 7.84. The highest BCUT2D eigenvalue weighted by Crippen LogP contribution is 2.30. The fraction of sp³-hybridized carbons (Fsp3) is 0.455. The van der Waals surface area contributed by atoms with E-state index in [0.717, 1.165) is 50.1 Å². The summed E-state index contributed by atoms with van der Waals surface area (Å²) in [7, 11) is 0. The first kappa shape index (κ1) is 17.0. The molecule has 132 valence electrons. The van der Waals surface area contributed by atoms with Gasteiger partial charge in [0.05, 0.1) is 6.61 Å². The monoisotopic (exact) mass is 353 g/mol. The molecule has 1 heterocycles. The topological polar surface area (TPSA) is 12.5 Å². The van der Waals surface area contributed by atoms with E-state index in [-0.39, 0.29) is 0 Å². The molecule has 4 rings (SSSR count). The van der Waals surface area contributed by atoms with Gasteiger partial charge in [-0.15, -0.1) is 0 Å². The van der Waals surface area contributed by atoms with E-state index in [1.165, 1.54) is 35.1 Å².